The maximum absolute atomic E-state index is 12.5. The highest BCUT2D eigenvalue weighted by Crippen LogP contribution is 2.21. The molecule has 0 aliphatic heterocycles. The third-order valence-corrected chi connectivity index (χ3v) is 3.85. The fourth-order valence-electron chi connectivity index (χ4n) is 1.95. The van der Waals surface area contributed by atoms with Crippen LogP contribution < -0.4 is 11.3 Å². The number of carbonyl (C=O) groups is 1. The van der Waals surface area contributed by atoms with Crippen molar-refractivity contribution in [1.82, 2.24) is 9.88 Å². The number of fused-ring (bicyclic) bond motifs is 1. The van der Waals surface area contributed by atoms with Crippen molar-refractivity contribution in [1.29, 1.82) is 0 Å². The Labute approximate surface area is 124 Å². The molecule has 1 atom stereocenters. The standard InChI is InChI=1S/C14H16BrN3O2/c1-8(7-16)18(2)14(20)11-6-13(19)17-12-4-3-9(15)5-10(11)12/h3-6,8H,7,16H2,1-2H3,(H,17,19). The lowest BCUT2D eigenvalue weighted by molar-refractivity contribution is 0.0750. The summed E-state index contributed by atoms with van der Waals surface area (Å²) >= 11 is 3.38. The molecule has 6 heteroatoms. The number of benzene rings is 1. The summed E-state index contributed by atoms with van der Waals surface area (Å²) in [6, 6.07) is 6.64. The summed E-state index contributed by atoms with van der Waals surface area (Å²) in [7, 11) is 1.69. The maximum Gasteiger partial charge on any atom is 0.254 e. The molecule has 0 aliphatic rings. The van der Waals surface area contributed by atoms with Crippen molar-refractivity contribution >= 4 is 32.7 Å². The third kappa shape index (κ3) is 2.76. The molecule has 0 fully saturated rings. The van der Waals surface area contributed by atoms with E-state index < -0.39 is 0 Å². The molecule has 3 N–H and O–H groups in total. The van der Waals surface area contributed by atoms with E-state index in [0.717, 1.165) is 4.47 Å². The first-order valence-corrected chi connectivity index (χ1v) is 7.03. The molecule has 2 aromatic rings. The second-order valence-electron chi connectivity index (χ2n) is 4.74. The molecule has 0 bridgehead atoms. The minimum atomic E-state index is -0.294. The Morgan fingerprint density at radius 1 is 1.45 bits per heavy atom. The second-order valence-corrected chi connectivity index (χ2v) is 5.65. The first kappa shape index (κ1) is 14.7. The number of amides is 1. The van der Waals surface area contributed by atoms with E-state index in [-0.39, 0.29) is 17.5 Å². The van der Waals surface area contributed by atoms with Gasteiger partial charge in [0, 0.05) is 41.1 Å². The van der Waals surface area contributed by atoms with Crippen LogP contribution in [0.4, 0.5) is 0 Å². The Hall–Kier alpha value is -1.66. The molecule has 0 saturated heterocycles. The SMILES string of the molecule is CC(CN)N(C)C(=O)c1cc(=O)[nH]c2ccc(Br)cc12. The minimum absolute atomic E-state index is 0.0935. The molecule has 0 radical (unpaired) electrons. The average molecular weight is 338 g/mol. The van der Waals surface area contributed by atoms with Gasteiger partial charge in [0.15, 0.2) is 0 Å². The van der Waals surface area contributed by atoms with E-state index in [1.807, 2.05) is 19.1 Å². The van der Waals surface area contributed by atoms with Crippen molar-refractivity contribution in [3.8, 4) is 0 Å². The van der Waals surface area contributed by atoms with E-state index in [1.165, 1.54) is 6.07 Å². The van der Waals surface area contributed by atoms with Crippen LogP contribution in [0.3, 0.4) is 0 Å². The number of aromatic nitrogens is 1. The molecule has 1 aromatic heterocycles. The molecule has 1 aromatic carbocycles. The molecule has 1 amide bonds. The van der Waals surface area contributed by atoms with Crippen LogP contribution in [0.25, 0.3) is 10.9 Å². The molecular weight excluding hydrogens is 322 g/mol. The summed E-state index contributed by atoms with van der Waals surface area (Å²) in [5.41, 5.74) is 6.31. The van der Waals surface area contributed by atoms with E-state index in [2.05, 4.69) is 20.9 Å². The molecule has 2 rings (SSSR count). The van der Waals surface area contributed by atoms with Gasteiger partial charge in [-0.2, -0.15) is 0 Å². The number of aromatic amines is 1. The number of nitrogens with one attached hydrogen (secondary N) is 1. The highest BCUT2D eigenvalue weighted by atomic mass is 79.9. The lowest BCUT2D eigenvalue weighted by Gasteiger charge is -2.24. The van der Waals surface area contributed by atoms with Gasteiger partial charge >= 0.3 is 0 Å². The van der Waals surface area contributed by atoms with Crippen molar-refractivity contribution in [2.75, 3.05) is 13.6 Å². The Morgan fingerprint density at radius 2 is 2.15 bits per heavy atom. The molecule has 1 unspecified atom stereocenters. The Balaban J connectivity index is 2.61. The summed E-state index contributed by atoms with van der Waals surface area (Å²) < 4.78 is 0.848. The monoisotopic (exact) mass is 337 g/mol. The lowest BCUT2D eigenvalue weighted by atomic mass is 10.1. The number of H-pyrrole nitrogens is 1. The number of pyridine rings is 1. The quantitative estimate of drug-likeness (QED) is 0.894. The number of hydrogen-bond donors (Lipinski definition) is 2. The van der Waals surface area contributed by atoms with Crippen molar-refractivity contribution < 1.29 is 4.79 Å². The van der Waals surface area contributed by atoms with E-state index in [1.54, 1.807) is 18.0 Å². The molecule has 0 aliphatic carbocycles. The number of nitrogens with two attached hydrogens (primary N) is 1. The zero-order chi connectivity index (χ0) is 14.9. The van der Waals surface area contributed by atoms with Crippen molar-refractivity contribution in [2.24, 2.45) is 5.73 Å². The summed E-state index contributed by atoms with van der Waals surface area (Å²) in [5, 5.41) is 0.708. The van der Waals surface area contributed by atoms with Crippen LogP contribution in [-0.2, 0) is 0 Å². The first-order chi connectivity index (χ1) is 9.43. The van der Waals surface area contributed by atoms with E-state index in [9.17, 15) is 9.59 Å². The van der Waals surface area contributed by atoms with Gasteiger partial charge in [-0.1, -0.05) is 15.9 Å². The zero-order valence-electron chi connectivity index (χ0n) is 11.3. The number of nitrogens with zero attached hydrogens (tertiary/aromatic N) is 1. The van der Waals surface area contributed by atoms with Gasteiger partial charge in [0.1, 0.15) is 0 Å². The predicted molar refractivity (Wildman–Crippen MR) is 82.9 cm³/mol. The Kier molecular flexibility index (Phi) is 4.25. The summed E-state index contributed by atoms with van der Waals surface area (Å²) in [5.74, 6) is -0.211. The van der Waals surface area contributed by atoms with E-state index in [0.29, 0.717) is 23.0 Å². The summed E-state index contributed by atoms with van der Waals surface area (Å²) in [4.78, 5) is 28.5. The predicted octanol–water partition coefficient (Wildman–Crippen LogP) is 1.71. The first-order valence-electron chi connectivity index (χ1n) is 6.24. The van der Waals surface area contributed by atoms with E-state index >= 15 is 0 Å². The topological polar surface area (TPSA) is 79.2 Å². The normalized spacial score (nSPS) is 12.4. The smallest absolute Gasteiger partial charge is 0.254 e. The number of carbonyl (C=O) groups excluding carboxylic acids is 1. The third-order valence-electron chi connectivity index (χ3n) is 3.36. The fraction of sp³-hybridized carbons (Fsp3) is 0.286. The number of likely N-dealkylation sites (N-methyl/N-ethyl adjacent to an activating group) is 1. The van der Waals surface area contributed by atoms with Crippen molar-refractivity contribution in [3.05, 3.63) is 44.7 Å². The van der Waals surface area contributed by atoms with Gasteiger partial charge in [-0.05, 0) is 25.1 Å². The van der Waals surface area contributed by atoms with Gasteiger partial charge in [-0.3, -0.25) is 9.59 Å². The number of halogens is 1. The Morgan fingerprint density at radius 3 is 2.80 bits per heavy atom. The van der Waals surface area contributed by atoms with Crippen LogP contribution in [0, 0.1) is 0 Å². The maximum atomic E-state index is 12.5. The van der Waals surface area contributed by atoms with Gasteiger partial charge in [0.2, 0.25) is 5.56 Å². The average Bonchev–Trinajstić information content (AvgIpc) is 2.44. The Bertz CT molecular complexity index is 711. The molecule has 106 valence electrons. The summed E-state index contributed by atoms with van der Waals surface area (Å²) in [6.45, 7) is 2.23. The number of hydrogen-bond acceptors (Lipinski definition) is 3. The highest BCUT2D eigenvalue weighted by molar-refractivity contribution is 9.10. The van der Waals surface area contributed by atoms with Crippen LogP contribution in [0.15, 0.2) is 33.5 Å². The zero-order valence-corrected chi connectivity index (χ0v) is 12.9. The van der Waals surface area contributed by atoms with Crippen LogP contribution in [0.5, 0.6) is 0 Å². The molecule has 0 saturated carbocycles. The van der Waals surface area contributed by atoms with Gasteiger partial charge < -0.3 is 15.6 Å². The lowest BCUT2D eigenvalue weighted by Crippen LogP contribution is -2.40. The molecule has 5 nitrogen and oxygen atoms in total. The van der Waals surface area contributed by atoms with Gasteiger partial charge in [0.25, 0.3) is 5.91 Å². The van der Waals surface area contributed by atoms with E-state index in [4.69, 9.17) is 5.73 Å². The fourth-order valence-corrected chi connectivity index (χ4v) is 2.31. The van der Waals surface area contributed by atoms with Crippen molar-refractivity contribution in [3.63, 3.8) is 0 Å². The van der Waals surface area contributed by atoms with Gasteiger partial charge in [-0.25, -0.2) is 0 Å². The van der Waals surface area contributed by atoms with Crippen LogP contribution in [-0.4, -0.2) is 35.4 Å². The molecule has 1 heterocycles. The molecule has 20 heavy (non-hydrogen) atoms. The summed E-state index contributed by atoms with van der Waals surface area (Å²) in [6.07, 6.45) is 0. The van der Waals surface area contributed by atoms with Crippen LogP contribution in [0.1, 0.15) is 17.3 Å². The molecule has 0 spiro atoms. The highest BCUT2D eigenvalue weighted by Gasteiger charge is 2.19. The van der Waals surface area contributed by atoms with Crippen LogP contribution >= 0.6 is 15.9 Å². The second kappa shape index (κ2) is 5.76. The van der Waals surface area contributed by atoms with Gasteiger partial charge in [0.05, 0.1) is 5.56 Å². The largest absolute Gasteiger partial charge is 0.338 e. The van der Waals surface area contributed by atoms with Crippen molar-refractivity contribution in [2.45, 2.75) is 13.0 Å². The van der Waals surface area contributed by atoms with Crippen LogP contribution in [0.2, 0.25) is 0 Å². The molecular formula is C14H16BrN3O2. The number of rotatable bonds is 3. The minimum Gasteiger partial charge on any atom is -0.338 e. The van der Waals surface area contributed by atoms with Gasteiger partial charge in [-0.15, -0.1) is 0 Å².